The summed E-state index contributed by atoms with van der Waals surface area (Å²) in [4.78, 5) is 25.4. The second-order valence-corrected chi connectivity index (χ2v) is 5.67. The molecule has 0 atom stereocenters. The van der Waals surface area contributed by atoms with Crippen LogP contribution in [0.15, 0.2) is 11.8 Å². The largest absolute Gasteiger partial charge is 0.480 e. The van der Waals surface area contributed by atoms with E-state index in [1.807, 2.05) is 6.92 Å². The van der Waals surface area contributed by atoms with Gasteiger partial charge in [0.2, 0.25) is 5.91 Å². The van der Waals surface area contributed by atoms with E-state index >= 15 is 0 Å². The number of rotatable bonds is 6. The molecule has 0 aromatic rings. The first-order valence-corrected chi connectivity index (χ1v) is 7.57. The molecular weight excluding hydrogens is 256 g/mol. The summed E-state index contributed by atoms with van der Waals surface area (Å²) in [5, 5.41) is 12.2. The Bertz CT molecular complexity index is 413. The Morgan fingerprint density at radius 2 is 2.10 bits per heavy atom. The number of nitrogens with zero attached hydrogens (tertiary/aromatic N) is 1. The minimum Gasteiger partial charge on any atom is -0.480 e. The Labute approximate surface area is 120 Å². The molecular formula is C15H24N2O3. The van der Waals surface area contributed by atoms with Crippen molar-refractivity contribution in [3.05, 3.63) is 11.8 Å². The van der Waals surface area contributed by atoms with Crippen LogP contribution in [-0.4, -0.2) is 40.5 Å². The monoisotopic (exact) mass is 280 g/mol. The summed E-state index contributed by atoms with van der Waals surface area (Å²) in [6.07, 6.45) is 8.58. The SMILES string of the molecule is CCN(C(=O)CNC1(C(=O)O)CCC1)C1=CCCCC1. The molecule has 0 bridgehead atoms. The highest BCUT2D eigenvalue weighted by Crippen LogP contribution is 2.32. The van der Waals surface area contributed by atoms with Crippen LogP contribution in [0.1, 0.15) is 51.9 Å². The fraction of sp³-hybridized carbons (Fsp3) is 0.733. The summed E-state index contributed by atoms with van der Waals surface area (Å²) in [7, 11) is 0. The first-order valence-electron chi connectivity index (χ1n) is 7.57. The molecule has 5 nitrogen and oxygen atoms in total. The van der Waals surface area contributed by atoms with Crippen LogP contribution in [0.25, 0.3) is 0 Å². The molecule has 0 unspecified atom stereocenters. The molecule has 1 saturated carbocycles. The third-order valence-corrected chi connectivity index (χ3v) is 4.43. The second-order valence-electron chi connectivity index (χ2n) is 5.67. The minimum atomic E-state index is -0.865. The van der Waals surface area contributed by atoms with Crippen LogP contribution in [-0.2, 0) is 9.59 Å². The zero-order valence-corrected chi connectivity index (χ0v) is 12.2. The van der Waals surface area contributed by atoms with E-state index in [0.29, 0.717) is 19.4 Å². The third-order valence-electron chi connectivity index (χ3n) is 4.43. The first-order chi connectivity index (χ1) is 9.59. The van der Waals surface area contributed by atoms with Crippen LogP contribution in [0.4, 0.5) is 0 Å². The average molecular weight is 280 g/mol. The number of carbonyl (C=O) groups is 2. The van der Waals surface area contributed by atoms with Crippen molar-refractivity contribution in [2.24, 2.45) is 0 Å². The van der Waals surface area contributed by atoms with Gasteiger partial charge in [-0.3, -0.25) is 14.9 Å². The van der Waals surface area contributed by atoms with Gasteiger partial charge >= 0.3 is 5.97 Å². The van der Waals surface area contributed by atoms with Crippen molar-refractivity contribution in [2.45, 2.75) is 57.4 Å². The lowest BCUT2D eigenvalue weighted by Gasteiger charge is -2.39. The van der Waals surface area contributed by atoms with Crippen LogP contribution in [0, 0.1) is 0 Å². The molecule has 112 valence electrons. The molecule has 0 heterocycles. The Balaban J connectivity index is 1.92. The molecule has 20 heavy (non-hydrogen) atoms. The number of nitrogens with one attached hydrogen (secondary N) is 1. The molecule has 0 saturated heterocycles. The first kappa shape index (κ1) is 15.0. The minimum absolute atomic E-state index is 0.0202. The van der Waals surface area contributed by atoms with E-state index < -0.39 is 11.5 Å². The zero-order valence-electron chi connectivity index (χ0n) is 12.2. The summed E-state index contributed by atoms with van der Waals surface area (Å²) in [6.45, 7) is 2.72. The second kappa shape index (κ2) is 6.39. The highest BCUT2D eigenvalue weighted by Gasteiger charge is 2.44. The van der Waals surface area contributed by atoms with Crippen molar-refractivity contribution in [1.29, 1.82) is 0 Å². The van der Waals surface area contributed by atoms with E-state index in [9.17, 15) is 14.7 Å². The smallest absolute Gasteiger partial charge is 0.323 e. The Morgan fingerprint density at radius 3 is 2.55 bits per heavy atom. The van der Waals surface area contributed by atoms with Gasteiger partial charge in [-0.05, 0) is 51.9 Å². The summed E-state index contributed by atoms with van der Waals surface area (Å²) in [6, 6.07) is 0. The van der Waals surface area contributed by atoms with E-state index in [0.717, 1.165) is 31.4 Å². The number of amides is 1. The fourth-order valence-electron chi connectivity index (χ4n) is 2.94. The highest BCUT2D eigenvalue weighted by molar-refractivity contribution is 5.83. The van der Waals surface area contributed by atoms with Gasteiger partial charge in [-0.25, -0.2) is 0 Å². The molecule has 2 rings (SSSR count). The fourth-order valence-corrected chi connectivity index (χ4v) is 2.94. The number of carboxylic acid groups (broad SMARTS) is 1. The van der Waals surface area contributed by atoms with Crippen molar-refractivity contribution in [3.8, 4) is 0 Å². The maximum atomic E-state index is 12.3. The van der Waals surface area contributed by atoms with E-state index in [1.165, 1.54) is 6.42 Å². The van der Waals surface area contributed by atoms with Gasteiger partial charge < -0.3 is 10.0 Å². The van der Waals surface area contributed by atoms with Gasteiger partial charge in [0.15, 0.2) is 0 Å². The Hall–Kier alpha value is -1.36. The number of carboxylic acids is 1. The normalized spacial score (nSPS) is 20.8. The van der Waals surface area contributed by atoms with Crippen molar-refractivity contribution in [1.82, 2.24) is 10.2 Å². The molecule has 2 aliphatic rings. The molecule has 0 aliphatic heterocycles. The maximum Gasteiger partial charge on any atom is 0.323 e. The van der Waals surface area contributed by atoms with Crippen molar-refractivity contribution in [2.75, 3.05) is 13.1 Å². The molecule has 0 radical (unpaired) electrons. The maximum absolute atomic E-state index is 12.3. The molecule has 1 fully saturated rings. The van der Waals surface area contributed by atoms with Crippen LogP contribution < -0.4 is 5.32 Å². The predicted molar refractivity (Wildman–Crippen MR) is 76.2 cm³/mol. The summed E-state index contributed by atoms with van der Waals surface area (Å²) in [5.41, 5.74) is 0.235. The molecule has 0 aromatic heterocycles. The summed E-state index contributed by atoms with van der Waals surface area (Å²) >= 11 is 0. The Kier molecular flexibility index (Phi) is 4.81. The molecule has 2 aliphatic carbocycles. The number of likely N-dealkylation sites (N-methyl/N-ethyl adjacent to an activating group) is 1. The number of hydrogen-bond acceptors (Lipinski definition) is 3. The van der Waals surface area contributed by atoms with E-state index in [-0.39, 0.29) is 12.5 Å². The van der Waals surface area contributed by atoms with Crippen LogP contribution in [0.5, 0.6) is 0 Å². The van der Waals surface area contributed by atoms with Crippen molar-refractivity contribution in [3.63, 3.8) is 0 Å². The number of allylic oxidation sites excluding steroid dienone is 2. The van der Waals surface area contributed by atoms with Crippen LogP contribution in [0.2, 0.25) is 0 Å². The van der Waals surface area contributed by atoms with Gasteiger partial charge in [-0.2, -0.15) is 0 Å². The lowest BCUT2D eigenvalue weighted by atomic mass is 9.77. The zero-order chi connectivity index (χ0) is 14.6. The number of carbonyl (C=O) groups excluding carboxylic acids is 1. The number of hydrogen-bond donors (Lipinski definition) is 2. The molecule has 5 heteroatoms. The van der Waals surface area contributed by atoms with E-state index in [1.54, 1.807) is 4.90 Å². The summed E-state index contributed by atoms with van der Waals surface area (Å²) in [5.74, 6) is -0.857. The van der Waals surface area contributed by atoms with E-state index in [2.05, 4.69) is 11.4 Å². The topological polar surface area (TPSA) is 69.6 Å². The quantitative estimate of drug-likeness (QED) is 0.779. The lowest BCUT2D eigenvalue weighted by Crippen LogP contribution is -2.59. The molecule has 0 aromatic carbocycles. The van der Waals surface area contributed by atoms with Gasteiger partial charge in [0.25, 0.3) is 0 Å². The number of aliphatic carboxylic acids is 1. The van der Waals surface area contributed by atoms with Gasteiger partial charge in [0, 0.05) is 12.2 Å². The third kappa shape index (κ3) is 3.03. The molecule has 0 spiro atoms. The van der Waals surface area contributed by atoms with Gasteiger partial charge in [0.1, 0.15) is 5.54 Å². The van der Waals surface area contributed by atoms with Gasteiger partial charge in [-0.1, -0.05) is 6.08 Å². The highest BCUT2D eigenvalue weighted by atomic mass is 16.4. The predicted octanol–water partition coefficient (Wildman–Crippen LogP) is 1.89. The van der Waals surface area contributed by atoms with Gasteiger partial charge in [0.05, 0.1) is 6.54 Å². The van der Waals surface area contributed by atoms with Crippen molar-refractivity contribution < 1.29 is 14.7 Å². The molecule has 1 amide bonds. The van der Waals surface area contributed by atoms with Gasteiger partial charge in [-0.15, -0.1) is 0 Å². The van der Waals surface area contributed by atoms with E-state index in [4.69, 9.17) is 0 Å². The average Bonchev–Trinajstić information content (AvgIpc) is 2.39. The lowest BCUT2D eigenvalue weighted by molar-refractivity contribution is -0.149. The standard InChI is InChI=1S/C15H24N2O3/c1-2-17(12-7-4-3-5-8-12)13(18)11-16-15(14(19)20)9-6-10-15/h7,16H,2-6,8-11H2,1H3,(H,19,20). The van der Waals surface area contributed by atoms with Crippen LogP contribution >= 0.6 is 0 Å². The summed E-state index contributed by atoms with van der Waals surface area (Å²) < 4.78 is 0. The molecule has 2 N–H and O–H groups in total. The van der Waals surface area contributed by atoms with Crippen molar-refractivity contribution >= 4 is 11.9 Å². The van der Waals surface area contributed by atoms with Crippen LogP contribution in [0.3, 0.4) is 0 Å². The Morgan fingerprint density at radius 1 is 1.35 bits per heavy atom.